The molecule has 126 valence electrons. The number of hydrogen-bond donors (Lipinski definition) is 1. The van der Waals surface area contributed by atoms with Gasteiger partial charge >= 0.3 is 5.97 Å². The van der Waals surface area contributed by atoms with Crippen molar-refractivity contribution in [2.24, 2.45) is 0 Å². The average molecular weight is 357 g/mol. The second-order valence-electron chi connectivity index (χ2n) is 6.08. The molecule has 2 N–H and O–H groups in total. The highest BCUT2D eigenvalue weighted by atomic mass is 35.5. The number of piperidine rings is 1. The highest BCUT2D eigenvalue weighted by Crippen LogP contribution is 2.34. The molecule has 3 rings (SSSR count). The van der Waals surface area contributed by atoms with Gasteiger partial charge in [0, 0.05) is 42.5 Å². The van der Waals surface area contributed by atoms with Crippen molar-refractivity contribution in [3.8, 4) is 5.75 Å². The number of nitrogens with zero attached hydrogens (tertiary/aromatic N) is 1. The van der Waals surface area contributed by atoms with Crippen LogP contribution in [0.15, 0.2) is 12.1 Å². The summed E-state index contributed by atoms with van der Waals surface area (Å²) < 4.78 is 11.0. The minimum absolute atomic E-state index is 0.0596. The molecular formula is C16H21ClN2O3S. The molecule has 2 aliphatic heterocycles. The number of methoxy groups -OCH3 is 1. The van der Waals surface area contributed by atoms with Gasteiger partial charge in [-0.1, -0.05) is 11.6 Å². The van der Waals surface area contributed by atoms with E-state index in [1.54, 1.807) is 6.07 Å². The third-order valence-corrected chi connectivity index (χ3v) is 6.22. The lowest BCUT2D eigenvalue weighted by Crippen LogP contribution is -2.54. The van der Waals surface area contributed by atoms with Crippen molar-refractivity contribution in [2.45, 2.75) is 31.0 Å². The van der Waals surface area contributed by atoms with Crippen LogP contribution >= 0.6 is 23.4 Å². The van der Waals surface area contributed by atoms with E-state index in [-0.39, 0.29) is 6.10 Å². The SMILES string of the molecule is COc1cc(N)c(Cl)cc1C(=O)OC1CC2CSCC(C1)N2C. The van der Waals surface area contributed by atoms with Crippen molar-refractivity contribution in [3.05, 3.63) is 22.7 Å². The smallest absolute Gasteiger partial charge is 0.342 e. The minimum Gasteiger partial charge on any atom is -0.496 e. The molecule has 2 atom stereocenters. The summed E-state index contributed by atoms with van der Waals surface area (Å²) in [5.41, 5.74) is 6.46. The largest absolute Gasteiger partial charge is 0.496 e. The van der Waals surface area contributed by atoms with E-state index in [1.807, 2.05) is 11.8 Å². The lowest BCUT2D eigenvalue weighted by Gasteiger charge is -2.46. The number of carbonyl (C=O) groups excluding carboxylic acids is 1. The van der Waals surface area contributed by atoms with Gasteiger partial charge in [0.15, 0.2) is 0 Å². The van der Waals surface area contributed by atoms with Crippen LogP contribution in [0.3, 0.4) is 0 Å². The van der Waals surface area contributed by atoms with E-state index in [2.05, 4.69) is 11.9 Å². The first-order valence-corrected chi connectivity index (χ1v) is 9.16. The van der Waals surface area contributed by atoms with Crippen molar-refractivity contribution in [2.75, 3.05) is 31.4 Å². The van der Waals surface area contributed by atoms with Crippen LogP contribution in [0.25, 0.3) is 0 Å². The molecule has 0 aromatic heterocycles. The Bertz CT molecular complexity index is 599. The van der Waals surface area contributed by atoms with Crippen LogP contribution in [0, 0.1) is 0 Å². The summed E-state index contributed by atoms with van der Waals surface area (Å²) in [5.74, 6) is 2.18. The van der Waals surface area contributed by atoms with E-state index < -0.39 is 5.97 Å². The number of anilines is 1. The predicted octanol–water partition coefficient (Wildman–Crippen LogP) is 2.67. The zero-order valence-electron chi connectivity index (χ0n) is 13.3. The summed E-state index contributed by atoms with van der Waals surface area (Å²) in [4.78, 5) is 15.0. The van der Waals surface area contributed by atoms with Crippen LogP contribution < -0.4 is 10.5 Å². The molecule has 1 aromatic rings. The first-order chi connectivity index (χ1) is 11.0. The molecule has 0 spiro atoms. The van der Waals surface area contributed by atoms with E-state index in [1.165, 1.54) is 13.2 Å². The van der Waals surface area contributed by atoms with Crippen molar-refractivity contribution in [1.82, 2.24) is 4.90 Å². The van der Waals surface area contributed by atoms with Crippen LogP contribution in [0.5, 0.6) is 5.75 Å². The Hall–Kier alpha value is -1.11. The zero-order chi connectivity index (χ0) is 16.6. The monoisotopic (exact) mass is 356 g/mol. The molecule has 0 radical (unpaired) electrons. The van der Waals surface area contributed by atoms with Gasteiger partial charge in [-0.05, 0) is 13.1 Å². The highest BCUT2D eigenvalue weighted by molar-refractivity contribution is 7.99. The Balaban J connectivity index is 1.74. The fraction of sp³-hybridized carbons (Fsp3) is 0.562. The molecule has 2 saturated heterocycles. The molecule has 23 heavy (non-hydrogen) atoms. The van der Waals surface area contributed by atoms with Gasteiger partial charge < -0.3 is 15.2 Å². The molecule has 2 aliphatic rings. The van der Waals surface area contributed by atoms with Crippen molar-refractivity contribution < 1.29 is 14.3 Å². The lowest BCUT2D eigenvalue weighted by atomic mass is 9.95. The van der Waals surface area contributed by atoms with Gasteiger partial charge in [0.05, 0.1) is 17.8 Å². The molecule has 0 saturated carbocycles. The Labute approximate surface area is 145 Å². The number of nitrogens with two attached hydrogens (primary N) is 1. The number of halogens is 1. The lowest BCUT2D eigenvalue weighted by molar-refractivity contribution is -0.0101. The van der Waals surface area contributed by atoms with Gasteiger partial charge in [0.25, 0.3) is 0 Å². The van der Waals surface area contributed by atoms with Crippen LogP contribution in [0.4, 0.5) is 5.69 Å². The van der Waals surface area contributed by atoms with Gasteiger partial charge in [-0.2, -0.15) is 11.8 Å². The maximum atomic E-state index is 12.5. The summed E-state index contributed by atoms with van der Waals surface area (Å²) >= 11 is 8.01. The quantitative estimate of drug-likeness (QED) is 0.663. The van der Waals surface area contributed by atoms with E-state index in [0.29, 0.717) is 34.1 Å². The summed E-state index contributed by atoms with van der Waals surface area (Å²) in [6.45, 7) is 0. The Kier molecular flexibility index (Phi) is 4.94. The van der Waals surface area contributed by atoms with Crippen molar-refractivity contribution in [1.29, 1.82) is 0 Å². The minimum atomic E-state index is -0.399. The Morgan fingerprint density at radius 3 is 2.61 bits per heavy atom. The Morgan fingerprint density at radius 1 is 1.35 bits per heavy atom. The number of carbonyl (C=O) groups is 1. The fourth-order valence-electron chi connectivity index (χ4n) is 3.25. The molecule has 2 unspecified atom stereocenters. The molecule has 0 aliphatic carbocycles. The predicted molar refractivity (Wildman–Crippen MR) is 93.5 cm³/mol. The standard InChI is InChI=1S/C16H21ClN2O3S/c1-19-9-3-11(4-10(19)8-23-7-9)22-16(20)12-5-13(17)14(18)6-15(12)21-2/h5-6,9-11H,3-4,7-8,18H2,1-2H3. The van der Waals surface area contributed by atoms with E-state index >= 15 is 0 Å². The number of rotatable bonds is 3. The molecular weight excluding hydrogens is 336 g/mol. The third-order valence-electron chi connectivity index (χ3n) is 4.65. The van der Waals surface area contributed by atoms with E-state index in [4.69, 9.17) is 26.8 Å². The highest BCUT2D eigenvalue weighted by Gasteiger charge is 2.38. The molecule has 0 amide bonds. The molecule has 2 heterocycles. The topological polar surface area (TPSA) is 64.8 Å². The van der Waals surface area contributed by atoms with Gasteiger partial charge in [-0.25, -0.2) is 4.79 Å². The van der Waals surface area contributed by atoms with Crippen molar-refractivity contribution >= 4 is 35.0 Å². The molecule has 7 heteroatoms. The van der Waals surface area contributed by atoms with Gasteiger partial charge in [-0.3, -0.25) is 4.90 Å². The van der Waals surface area contributed by atoms with Crippen LogP contribution in [-0.2, 0) is 4.74 Å². The maximum Gasteiger partial charge on any atom is 0.342 e. The summed E-state index contributed by atoms with van der Waals surface area (Å²) in [7, 11) is 3.66. The second-order valence-corrected chi connectivity index (χ2v) is 7.57. The van der Waals surface area contributed by atoms with Crippen molar-refractivity contribution in [3.63, 3.8) is 0 Å². The van der Waals surface area contributed by atoms with Crippen LogP contribution in [0.2, 0.25) is 5.02 Å². The fourth-order valence-corrected chi connectivity index (χ4v) is 4.84. The zero-order valence-corrected chi connectivity index (χ0v) is 14.8. The summed E-state index contributed by atoms with van der Waals surface area (Å²) in [5, 5.41) is 0.328. The maximum absolute atomic E-state index is 12.5. The number of thioether (sulfide) groups is 1. The van der Waals surface area contributed by atoms with Gasteiger partial charge in [-0.15, -0.1) is 0 Å². The van der Waals surface area contributed by atoms with Crippen LogP contribution in [0.1, 0.15) is 23.2 Å². The number of esters is 1. The molecule has 2 fully saturated rings. The molecule has 5 nitrogen and oxygen atoms in total. The number of ether oxygens (including phenoxy) is 2. The summed E-state index contributed by atoms with van der Waals surface area (Å²) in [6, 6.07) is 4.02. The number of hydrogen-bond acceptors (Lipinski definition) is 6. The van der Waals surface area contributed by atoms with Crippen LogP contribution in [-0.4, -0.2) is 54.7 Å². The molecule has 1 aromatic carbocycles. The number of fused-ring (bicyclic) bond motifs is 2. The summed E-state index contributed by atoms with van der Waals surface area (Å²) in [6.07, 6.45) is 1.68. The molecule has 2 bridgehead atoms. The number of benzene rings is 1. The van der Waals surface area contributed by atoms with E-state index in [0.717, 1.165) is 24.3 Å². The first kappa shape index (κ1) is 16.7. The average Bonchev–Trinajstić information content (AvgIpc) is 2.50. The third kappa shape index (κ3) is 3.39. The number of nitrogen functional groups attached to an aromatic ring is 1. The van der Waals surface area contributed by atoms with Gasteiger partial charge in [0.1, 0.15) is 17.4 Å². The second kappa shape index (κ2) is 6.79. The van der Waals surface area contributed by atoms with Gasteiger partial charge in [0.2, 0.25) is 0 Å². The normalized spacial score (nSPS) is 27.5. The first-order valence-electron chi connectivity index (χ1n) is 7.63. The van der Waals surface area contributed by atoms with E-state index in [9.17, 15) is 4.79 Å². The Morgan fingerprint density at radius 2 is 2.00 bits per heavy atom.